The van der Waals surface area contributed by atoms with E-state index < -0.39 is 0 Å². The molecule has 1 aromatic heterocycles. The van der Waals surface area contributed by atoms with Crippen LogP contribution in [0.3, 0.4) is 0 Å². The van der Waals surface area contributed by atoms with Gasteiger partial charge in [-0.1, -0.05) is 6.92 Å². The lowest BCUT2D eigenvalue weighted by molar-refractivity contribution is -0.116. The van der Waals surface area contributed by atoms with Gasteiger partial charge in [0.25, 0.3) is 0 Å². The monoisotopic (exact) mass is 276 g/mol. The van der Waals surface area contributed by atoms with Gasteiger partial charge in [-0.15, -0.1) is 0 Å². The van der Waals surface area contributed by atoms with Crippen LogP contribution in [0.25, 0.3) is 6.08 Å². The van der Waals surface area contributed by atoms with Crippen LogP contribution in [0.2, 0.25) is 0 Å². The van der Waals surface area contributed by atoms with Gasteiger partial charge in [0.05, 0.1) is 0 Å². The largest absolute Gasteiger partial charge is 0.461 e. The van der Waals surface area contributed by atoms with Gasteiger partial charge in [0, 0.05) is 18.5 Å². The predicted molar refractivity (Wildman–Crippen MR) is 80.4 cm³/mol. The van der Waals surface area contributed by atoms with Crippen LogP contribution in [0, 0.1) is 5.92 Å². The van der Waals surface area contributed by atoms with E-state index in [1.54, 1.807) is 6.08 Å². The summed E-state index contributed by atoms with van der Waals surface area (Å²) in [4.78, 5) is 13.7. The molecular weight excluding hydrogens is 252 g/mol. The quantitative estimate of drug-likeness (QED) is 0.615. The summed E-state index contributed by atoms with van der Waals surface area (Å²) >= 11 is 0. The Bertz CT molecular complexity index is 477. The molecule has 1 heterocycles. The van der Waals surface area contributed by atoms with Crippen LogP contribution in [0.5, 0.6) is 0 Å². The van der Waals surface area contributed by atoms with Gasteiger partial charge in [0.2, 0.25) is 5.91 Å². The molecule has 1 aliphatic rings. The van der Waals surface area contributed by atoms with E-state index in [1.807, 2.05) is 26.2 Å². The van der Waals surface area contributed by atoms with Crippen LogP contribution in [-0.2, 0) is 4.79 Å². The number of nitrogens with one attached hydrogen (secondary N) is 1. The second-order valence-electron chi connectivity index (χ2n) is 5.84. The fraction of sp³-hybridized carbons (Fsp3) is 0.562. The Morgan fingerprint density at radius 3 is 2.90 bits per heavy atom. The molecule has 1 fully saturated rings. The zero-order valence-electron chi connectivity index (χ0n) is 12.6. The molecule has 0 aromatic carbocycles. The lowest BCUT2D eigenvalue weighted by Crippen LogP contribution is -2.25. The van der Waals surface area contributed by atoms with Gasteiger partial charge in [-0.2, -0.15) is 0 Å². The first-order valence-electron chi connectivity index (χ1n) is 7.26. The molecule has 1 amide bonds. The van der Waals surface area contributed by atoms with E-state index in [0.29, 0.717) is 12.5 Å². The highest BCUT2D eigenvalue weighted by molar-refractivity contribution is 5.91. The van der Waals surface area contributed by atoms with Gasteiger partial charge in [0.1, 0.15) is 11.5 Å². The van der Waals surface area contributed by atoms with Crippen LogP contribution in [0.4, 0.5) is 0 Å². The number of carbonyl (C=O) groups excluding carboxylic acids is 1. The predicted octanol–water partition coefficient (Wildman–Crippen LogP) is 2.48. The molecule has 1 N–H and O–H groups in total. The highest BCUT2D eigenvalue weighted by atomic mass is 16.3. The van der Waals surface area contributed by atoms with Crippen molar-refractivity contribution in [2.45, 2.75) is 25.7 Å². The second-order valence-corrected chi connectivity index (χ2v) is 5.84. The molecule has 1 aliphatic carbocycles. The zero-order valence-corrected chi connectivity index (χ0v) is 12.6. The number of amides is 1. The van der Waals surface area contributed by atoms with Crippen molar-refractivity contribution in [2.24, 2.45) is 5.92 Å². The Hall–Kier alpha value is -1.55. The number of rotatable bonds is 7. The van der Waals surface area contributed by atoms with Crippen LogP contribution in [0.15, 0.2) is 22.6 Å². The van der Waals surface area contributed by atoms with Crippen molar-refractivity contribution < 1.29 is 9.21 Å². The highest BCUT2D eigenvalue weighted by Crippen LogP contribution is 2.47. The molecule has 0 radical (unpaired) electrons. The van der Waals surface area contributed by atoms with E-state index >= 15 is 0 Å². The van der Waals surface area contributed by atoms with Gasteiger partial charge >= 0.3 is 0 Å². The van der Waals surface area contributed by atoms with Crippen LogP contribution >= 0.6 is 0 Å². The summed E-state index contributed by atoms with van der Waals surface area (Å²) in [7, 11) is 4.05. The first-order valence-corrected chi connectivity index (χ1v) is 7.26. The van der Waals surface area contributed by atoms with Crippen LogP contribution < -0.4 is 5.32 Å². The highest BCUT2D eigenvalue weighted by Gasteiger charge is 2.36. The normalized spacial score (nSPS) is 21.6. The number of nitrogens with zero attached hydrogens (tertiary/aromatic N) is 1. The summed E-state index contributed by atoms with van der Waals surface area (Å²) in [6.45, 7) is 3.90. The SMILES string of the molecule is CC1CC1c1ccc(/C=C/C(=O)NCCCN(C)C)o1. The zero-order chi connectivity index (χ0) is 14.5. The van der Waals surface area contributed by atoms with E-state index in [9.17, 15) is 4.79 Å². The van der Waals surface area contributed by atoms with Gasteiger partial charge < -0.3 is 14.6 Å². The van der Waals surface area contributed by atoms with Crippen molar-refractivity contribution in [1.82, 2.24) is 10.2 Å². The number of carbonyl (C=O) groups is 1. The maximum absolute atomic E-state index is 11.6. The molecule has 110 valence electrons. The smallest absolute Gasteiger partial charge is 0.244 e. The van der Waals surface area contributed by atoms with Crippen molar-refractivity contribution >= 4 is 12.0 Å². The van der Waals surface area contributed by atoms with Crippen molar-refractivity contribution in [3.05, 3.63) is 29.7 Å². The molecule has 2 unspecified atom stereocenters. The maximum atomic E-state index is 11.6. The first kappa shape index (κ1) is 14.9. The molecule has 2 rings (SSSR count). The summed E-state index contributed by atoms with van der Waals surface area (Å²) in [5, 5.41) is 2.86. The molecule has 1 saturated carbocycles. The Kier molecular flexibility index (Phi) is 5.01. The van der Waals surface area contributed by atoms with Crippen molar-refractivity contribution in [2.75, 3.05) is 27.2 Å². The van der Waals surface area contributed by atoms with E-state index in [0.717, 1.165) is 30.4 Å². The minimum Gasteiger partial charge on any atom is -0.461 e. The summed E-state index contributed by atoms with van der Waals surface area (Å²) in [5.41, 5.74) is 0. The van der Waals surface area contributed by atoms with Crippen LogP contribution in [-0.4, -0.2) is 38.0 Å². The minimum absolute atomic E-state index is 0.0681. The van der Waals surface area contributed by atoms with Gasteiger partial charge in [-0.3, -0.25) is 4.79 Å². The van der Waals surface area contributed by atoms with Gasteiger partial charge in [-0.05, 0) is 57.6 Å². The molecule has 4 heteroatoms. The number of hydrogen-bond donors (Lipinski definition) is 1. The van der Waals surface area contributed by atoms with Crippen LogP contribution in [0.1, 0.15) is 37.2 Å². The summed E-state index contributed by atoms with van der Waals surface area (Å²) < 4.78 is 5.71. The van der Waals surface area contributed by atoms with Crippen molar-refractivity contribution in [1.29, 1.82) is 0 Å². The van der Waals surface area contributed by atoms with Crippen molar-refractivity contribution in [3.63, 3.8) is 0 Å². The first-order chi connectivity index (χ1) is 9.56. The molecule has 0 spiro atoms. The third kappa shape index (κ3) is 4.53. The average Bonchev–Trinajstić information content (AvgIpc) is 2.95. The fourth-order valence-electron chi connectivity index (χ4n) is 2.20. The van der Waals surface area contributed by atoms with E-state index in [4.69, 9.17) is 4.42 Å². The number of furan rings is 1. The topological polar surface area (TPSA) is 45.5 Å². The molecule has 2 atom stereocenters. The van der Waals surface area contributed by atoms with Gasteiger partial charge in [0.15, 0.2) is 0 Å². The summed E-state index contributed by atoms with van der Waals surface area (Å²) in [5.74, 6) is 3.04. The van der Waals surface area contributed by atoms with E-state index in [1.165, 1.54) is 12.5 Å². The lowest BCUT2D eigenvalue weighted by Gasteiger charge is -2.08. The van der Waals surface area contributed by atoms with E-state index in [-0.39, 0.29) is 5.91 Å². The average molecular weight is 276 g/mol. The Balaban J connectivity index is 1.71. The molecular formula is C16H24N2O2. The van der Waals surface area contributed by atoms with E-state index in [2.05, 4.69) is 17.1 Å². The second kappa shape index (κ2) is 6.75. The molecule has 0 aliphatic heterocycles. The molecule has 0 saturated heterocycles. The fourth-order valence-corrected chi connectivity index (χ4v) is 2.20. The maximum Gasteiger partial charge on any atom is 0.244 e. The molecule has 0 bridgehead atoms. The Morgan fingerprint density at radius 2 is 2.25 bits per heavy atom. The number of hydrogen-bond acceptors (Lipinski definition) is 3. The standard InChI is InChI=1S/C16H24N2O2/c1-12-11-14(12)15-7-5-13(20-15)6-8-16(19)17-9-4-10-18(2)3/h5-8,12,14H,4,9-11H2,1-3H3,(H,17,19)/b8-6+. The molecule has 4 nitrogen and oxygen atoms in total. The van der Waals surface area contributed by atoms with Gasteiger partial charge in [-0.25, -0.2) is 0 Å². The summed E-state index contributed by atoms with van der Waals surface area (Å²) in [6.07, 6.45) is 5.44. The lowest BCUT2D eigenvalue weighted by atomic mass is 10.3. The minimum atomic E-state index is -0.0681. The third-order valence-corrected chi connectivity index (χ3v) is 3.60. The summed E-state index contributed by atoms with van der Waals surface area (Å²) in [6, 6.07) is 3.94. The Labute approximate surface area is 120 Å². The molecule has 20 heavy (non-hydrogen) atoms. The molecule has 1 aromatic rings. The Morgan fingerprint density at radius 1 is 1.50 bits per heavy atom. The van der Waals surface area contributed by atoms with Crippen molar-refractivity contribution in [3.8, 4) is 0 Å². The third-order valence-electron chi connectivity index (χ3n) is 3.60.